The highest BCUT2D eigenvalue weighted by atomic mass is 32.1. The fourth-order valence-electron chi connectivity index (χ4n) is 3.00. The maximum atomic E-state index is 12.9. The number of methoxy groups -OCH3 is 1. The number of ether oxygens (including phenoxy) is 2. The first-order chi connectivity index (χ1) is 13.4. The Bertz CT molecular complexity index is 1050. The van der Waals surface area contributed by atoms with Crippen molar-refractivity contribution < 1.29 is 14.3 Å². The molecule has 28 heavy (non-hydrogen) atoms. The zero-order valence-electron chi connectivity index (χ0n) is 16.9. The summed E-state index contributed by atoms with van der Waals surface area (Å²) >= 11 is 1.47. The molecule has 2 heterocycles. The highest BCUT2D eigenvalue weighted by Gasteiger charge is 2.16. The fraction of sp³-hybridized carbons (Fsp3) is 0.450. The smallest absolute Gasteiger partial charge is 0.297 e. The molecule has 0 aliphatic rings. The van der Waals surface area contributed by atoms with Crippen LogP contribution in [0.3, 0.4) is 0 Å². The number of nitrogens with zero attached hydrogens (tertiary/aromatic N) is 4. The van der Waals surface area contributed by atoms with Gasteiger partial charge in [-0.25, -0.2) is 0 Å². The Hall–Kier alpha value is -2.45. The number of hydrogen-bond donors (Lipinski definition) is 0. The number of amides is 1. The van der Waals surface area contributed by atoms with Crippen LogP contribution in [-0.2, 0) is 11.3 Å². The summed E-state index contributed by atoms with van der Waals surface area (Å²) in [4.78, 5) is 18.0. The molecule has 1 amide bonds. The van der Waals surface area contributed by atoms with Crippen LogP contribution >= 0.6 is 11.3 Å². The van der Waals surface area contributed by atoms with Crippen molar-refractivity contribution in [3.63, 3.8) is 0 Å². The van der Waals surface area contributed by atoms with Crippen LogP contribution in [0.5, 0.6) is 5.75 Å². The Morgan fingerprint density at radius 3 is 2.79 bits per heavy atom. The summed E-state index contributed by atoms with van der Waals surface area (Å²) in [5, 5.41) is 4.42. The predicted molar refractivity (Wildman–Crippen MR) is 110 cm³/mol. The standard InChI is InChI=1S/C20H26N4O3S/c1-6-27-10-9-23-16-8-7-15(26-5)12-18(16)28-20(23)21-19(25)17-11-14(4)22-24(17)13(2)3/h7-8,11-13H,6,9-10H2,1-5H3. The minimum Gasteiger partial charge on any atom is -0.497 e. The fourth-order valence-corrected chi connectivity index (χ4v) is 4.08. The average molecular weight is 403 g/mol. The normalized spacial score (nSPS) is 12.3. The molecule has 0 radical (unpaired) electrons. The lowest BCUT2D eigenvalue weighted by Crippen LogP contribution is -2.21. The first-order valence-corrected chi connectivity index (χ1v) is 10.2. The summed E-state index contributed by atoms with van der Waals surface area (Å²) in [5.74, 6) is 0.482. The summed E-state index contributed by atoms with van der Waals surface area (Å²) in [6.45, 7) is 9.66. The van der Waals surface area contributed by atoms with Gasteiger partial charge in [0.15, 0.2) is 4.80 Å². The van der Waals surface area contributed by atoms with Crippen LogP contribution in [0.2, 0.25) is 0 Å². The predicted octanol–water partition coefficient (Wildman–Crippen LogP) is 3.57. The summed E-state index contributed by atoms with van der Waals surface area (Å²) in [5.41, 5.74) is 2.31. The molecule has 0 aliphatic heterocycles. The van der Waals surface area contributed by atoms with E-state index in [1.54, 1.807) is 17.9 Å². The Morgan fingerprint density at radius 1 is 1.32 bits per heavy atom. The summed E-state index contributed by atoms with van der Waals surface area (Å²) in [6.07, 6.45) is 0. The van der Waals surface area contributed by atoms with Crippen LogP contribution in [0.4, 0.5) is 0 Å². The van der Waals surface area contributed by atoms with E-state index in [9.17, 15) is 4.79 Å². The van der Waals surface area contributed by atoms with Crippen LogP contribution in [-0.4, -0.2) is 40.6 Å². The number of thiazole rings is 1. The summed E-state index contributed by atoms with van der Waals surface area (Å²) in [7, 11) is 1.64. The lowest BCUT2D eigenvalue weighted by Gasteiger charge is -2.08. The Morgan fingerprint density at radius 2 is 2.11 bits per heavy atom. The van der Waals surface area contributed by atoms with Gasteiger partial charge < -0.3 is 14.0 Å². The van der Waals surface area contributed by atoms with Crippen LogP contribution in [0.25, 0.3) is 10.2 Å². The number of benzene rings is 1. The number of aromatic nitrogens is 3. The van der Waals surface area contributed by atoms with E-state index in [-0.39, 0.29) is 11.9 Å². The molecule has 0 spiro atoms. The van der Waals surface area contributed by atoms with E-state index in [0.29, 0.717) is 30.3 Å². The molecule has 8 heteroatoms. The third kappa shape index (κ3) is 4.18. The minimum absolute atomic E-state index is 0.0830. The van der Waals surface area contributed by atoms with Crippen molar-refractivity contribution in [2.24, 2.45) is 4.99 Å². The largest absolute Gasteiger partial charge is 0.497 e. The minimum atomic E-state index is -0.294. The maximum Gasteiger partial charge on any atom is 0.297 e. The number of carbonyl (C=O) groups is 1. The lowest BCUT2D eigenvalue weighted by atomic mass is 10.3. The van der Waals surface area contributed by atoms with Crippen molar-refractivity contribution in [2.45, 2.75) is 40.3 Å². The molecule has 7 nitrogen and oxygen atoms in total. The molecule has 0 saturated heterocycles. The average Bonchev–Trinajstić information content (AvgIpc) is 3.22. The third-order valence-corrected chi connectivity index (χ3v) is 5.36. The molecule has 2 aromatic heterocycles. The van der Waals surface area contributed by atoms with Gasteiger partial charge in [0, 0.05) is 19.2 Å². The second-order valence-electron chi connectivity index (χ2n) is 6.69. The second-order valence-corrected chi connectivity index (χ2v) is 7.70. The monoisotopic (exact) mass is 402 g/mol. The number of rotatable bonds is 7. The van der Waals surface area contributed by atoms with Gasteiger partial charge in [-0.15, -0.1) is 0 Å². The molecule has 0 aliphatic carbocycles. The van der Waals surface area contributed by atoms with Crippen molar-refractivity contribution in [1.29, 1.82) is 0 Å². The van der Waals surface area contributed by atoms with Gasteiger partial charge in [-0.3, -0.25) is 9.48 Å². The molecule has 0 bridgehead atoms. The number of aryl methyl sites for hydroxylation is 1. The van der Waals surface area contributed by atoms with E-state index in [0.717, 1.165) is 21.7 Å². The maximum absolute atomic E-state index is 12.9. The topological polar surface area (TPSA) is 70.6 Å². The SMILES string of the molecule is CCOCCn1c(=NC(=O)c2cc(C)nn2C(C)C)sc2cc(OC)ccc21. The van der Waals surface area contributed by atoms with Gasteiger partial charge in [0.1, 0.15) is 11.4 Å². The molecule has 0 unspecified atom stereocenters. The van der Waals surface area contributed by atoms with Crippen LogP contribution in [0, 0.1) is 6.92 Å². The van der Waals surface area contributed by atoms with E-state index < -0.39 is 0 Å². The first kappa shape index (κ1) is 20.3. The number of hydrogen-bond acceptors (Lipinski definition) is 5. The van der Waals surface area contributed by atoms with Crippen molar-refractivity contribution in [2.75, 3.05) is 20.3 Å². The lowest BCUT2D eigenvalue weighted by molar-refractivity contribution is 0.0984. The molecule has 1 aromatic carbocycles. The van der Waals surface area contributed by atoms with Crippen LogP contribution in [0.1, 0.15) is 43.0 Å². The Labute approximate surface area is 168 Å². The van der Waals surface area contributed by atoms with Crippen molar-refractivity contribution in [3.05, 3.63) is 40.5 Å². The quantitative estimate of drug-likeness (QED) is 0.567. The highest BCUT2D eigenvalue weighted by Crippen LogP contribution is 2.23. The van der Waals surface area contributed by atoms with Crippen LogP contribution < -0.4 is 9.54 Å². The molecular weight excluding hydrogens is 376 g/mol. The van der Waals surface area contributed by atoms with Gasteiger partial charge >= 0.3 is 0 Å². The van der Waals surface area contributed by atoms with E-state index in [1.165, 1.54) is 11.3 Å². The number of fused-ring (bicyclic) bond motifs is 1. The summed E-state index contributed by atoms with van der Waals surface area (Å²) in [6, 6.07) is 7.73. The van der Waals surface area contributed by atoms with Gasteiger partial charge in [-0.2, -0.15) is 10.1 Å². The van der Waals surface area contributed by atoms with E-state index in [1.807, 2.05) is 50.5 Å². The van der Waals surface area contributed by atoms with Crippen LogP contribution in [0.15, 0.2) is 29.3 Å². The van der Waals surface area contributed by atoms with E-state index >= 15 is 0 Å². The van der Waals surface area contributed by atoms with Gasteiger partial charge in [0.25, 0.3) is 5.91 Å². The zero-order valence-corrected chi connectivity index (χ0v) is 17.7. The Kier molecular flexibility index (Phi) is 6.31. The molecule has 0 saturated carbocycles. The number of carbonyl (C=O) groups excluding carboxylic acids is 1. The van der Waals surface area contributed by atoms with Gasteiger partial charge in [0.2, 0.25) is 0 Å². The van der Waals surface area contributed by atoms with E-state index in [2.05, 4.69) is 10.1 Å². The third-order valence-electron chi connectivity index (χ3n) is 4.32. The molecular formula is C20H26N4O3S. The molecule has 0 atom stereocenters. The van der Waals surface area contributed by atoms with Gasteiger partial charge in [-0.1, -0.05) is 11.3 Å². The second kappa shape index (κ2) is 8.70. The highest BCUT2D eigenvalue weighted by molar-refractivity contribution is 7.16. The summed E-state index contributed by atoms with van der Waals surface area (Å²) < 4.78 is 15.6. The van der Waals surface area contributed by atoms with Crippen molar-refractivity contribution >= 4 is 27.5 Å². The van der Waals surface area contributed by atoms with Crippen molar-refractivity contribution in [3.8, 4) is 5.75 Å². The molecule has 0 N–H and O–H groups in total. The molecule has 0 fully saturated rings. The Balaban J connectivity index is 2.09. The van der Waals surface area contributed by atoms with Gasteiger partial charge in [-0.05, 0) is 52.0 Å². The first-order valence-electron chi connectivity index (χ1n) is 9.35. The zero-order chi connectivity index (χ0) is 20.3. The molecule has 3 rings (SSSR count). The molecule has 3 aromatic rings. The molecule has 150 valence electrons. The van der Waals surface area contributed by atoms with Gasteiger partial charge in [0.05, 0.1) is 29.6 Å². The van der Waals surface area contributed by atoms with Crippen molar-refractivity contribution in [1.82, 2.24) is 14.3 Å². The van der Waals surface area contributed by atoms with E-state index in [4.69, 9.17) is 9.47 Å².